The van der Waals surface area contributed by atoms with Crippen LogP contribution in [-0.2, 0) is 9.53 Å². The van der Waals surface area contributed by atoms with Gasteiger partial charge in [0.05, 0.1) is 0 Å². The number of likely N-dealkylation sites (tertiary alicyclic amines) is 1. The van der Waals surface area contributed by atoms with Crippen molar-refractivity contribution < 1.29 is 18.7 Å². The van der Waals surface area contributed by atoms with E-state index >= 15 is 0 Å². The SMILES string of the molecule is Cc1c(C(=O)OCC(=O)N2CCCCCCC2)oc2ccccc12. The zero-order chi connectivity index (χ0) is 16.9. The van der Waals surface area contributed by atoms with Crippen LogP contribution in [0.5, 0.6) is 0 Å². The molecule has 0 N–H and O–H groups in total. The number of carbonyl (C=O) groups is 2. The van der Waals surface area contributed by atoms with Crippen molar-refractivity contribution in [1.82, 2.24) is 4.90 Å². The molecule has 5 nitrogen and oxygen atoms in total. The fraction of sp³-hybridized carbons (Fsp3) is 0.474. The van der Waals surface area contributed by atoms with Crippen molar-refractivity contribution >= 4 is 22.8 Å². The molecule has 3 rings (SSSR count). The second kappa shape index (κ2) is 7.51. The van der Waals surface area contributed by atoms with Crippen molar-refractivity contribution in [2.24, 2.45) is 0 Å². The molecule has 24 heavy (non-hydrogen) atoms. The van der Waals surface area contributed by atoms with Gasteiger partial charge in [0, 0.05) is 24.0 Å². The number of benzene rings is 1. The van der Waals surface area contributed by atoms with Gasteiger partial charge in [-0.25, -0.2) is 4.79 Å². The Morgan fingerprint density at radius 3 is 2.46 bits per heavy atom. The molecular weight excluding hydrogens is 306 g/mol. The molecule has 128 valence electrons. The van der Waals surface area contributed by atoms with Crippen LogP contribution in [0, 0.1) is 6.92 Å². The van der Waals surface area contributed by atoms with E-state index in [-0.39, 0.29) is 18.3 Å². The summed E-state index contributed by atoms with van der Waals surface area (Å²) in [6.07, 6.45) is 5.58. The topological polar surface area (TPSA) is 59.8 Å². The van der Waals surface area contributed by atoms with Crippen LogP contribution in [0.3, 0.4) is 0 Å². The summed E-state index contributed by atoms with van der Waals surface area (Å²) in [5.41, 5.74) is 1.39. The first-order valence-corrected chi connectivity index (χ1v) is 8.60. The van der Waals surface area contributed by atoms with Gasteiger partial charge < -0.3 is 14.1 Å². The van der Waals surface area contributed by atoms with Crippen LogP contribution in [0.4, 0.5) is 0 Å². The Labute approximate surface area is 141 Å². The van der Waals surface area contributed by atoms with Crippen molar-refractivity contribution in [1.29, 1.82) is 0 Å². The number of fused-ring (bicyclic) bond motifs is 1. The molecule has 0 bridgehead atoms. The maximum Gasteiger partial charge on any atom is 0.375 e. The van der Waals surface area contributed by atoms with E-state index in [1.165, 1.54) is 6.42 Å². The van der Waals surface area contributed by atoms with Crippen molar-refractivity contribution in [3.8, 4) is 0 Å². The Hall–Kier alpha value is -2.30. The highest BCUT2D eigenvalue weighted by atomic mass is 16.5. The lowest BCUT2D eigenvalue weighted by Gasteiger charge is -2.24. The lowest BCUT2D eigenvalue weighted by molar-refractivity contribution is -0.134. The Morgan fingerprint density at radius 2 is 1.75 bits per heavy atom. The molecule has 1 saturated heterocycles. The number of hydrogen-bond donors (Lipinski definition) is 0. The highest BCUT2D eigenvalue weighted by Gasteiger charge is 2.21. The second-order valence-corrected chi connectivity index (χ2v) is 6.28. The van der Waals surface area contributed by atoms with E-state index in [2.05, 4.69) is 0 Å². The summed E-state index contributed by atoms with van der Waals surface area (Å²) in [6, 6.07) is 7.46. The van der Waals surface area contributed by atoms with E-state index in [0.29, 0.717) is 5.58 Å². The quantitative estimate of drug-likeness (QED) is 0.806. The maximum absolute atomic E-state index is 12.3. The molecule has 1 aliphatic rings. The number of esters is 1. The zero-order valence-electron chi connectivity index (χ0n) is 14.0. The minimum atomic E-state index is -0.580. The third kappa shape index (κ3) is 3.61. The summed E-state index contributed by atoms with van der Waals surface area (Å²) in [4.78, 5) is 26.3. The summed E-state index contributed by atoms with van der Waals surface area (Å²) < 4.78 is 10.8. The van der Waals surface area contributed by atoms with Gasteiger partial charge in [-0.05, 0) is 25.8 Å². The standard InChI is InChI=1S/C19H23NO4/c1-14-15-9-5-6-10-16(15)24-18(14)19(22)23-13-17(21)20-11-7-3-2-4-8-12-20/h5-6,9-10H,2-4,7-8,11-13H2,1H3. The van der Waals surface area contributed by atoms with E-state index < -0.39 is 5.97 Å². The van der Waals surface area contributed by atoms with E-state index in [0.717, 1.165) is 49.7 Å². The molecule has 1 fully saturated rings. The number of rotatable bonds is 3. The van der Waals surface area contributed by atoms with Gasteiger partial charge in [0.25, 0.3) is 5.91 Å². The van der Waals surface area contributed by atoms with E-state index in [1.807, 2.05) is 31.2 Å². The highest BCUT2D eigenvalue weighted by Crippen LogP contribution is 2.25. The van der Waals surface area contributed by atoms with Crippen LogP contribution in [0.25, 0.3) is 11.0 Å². The molecule has 0 spiro atoms. The van der Waals surface area contributed by atoms with Gasteiger partial charge in [0.1, 0.15) is 5.58 Å². The van der Waals surface area contributed by atoms with Crippen LogP contribution in [0.2, 0.25) is 0 Å². The Balaban J connectivity index is 1.61. The number of para-hydroxylation sites is 1. The third-order valence-corrected chi connectivity index (χ3v) is 4.56. The summed E-state index contributed by atoms with van der Waals surface area (Å²) in [5, 5.41) is 0.888. The first kappa shape index (κ1) is 16.6. The number of aryl methyl sites for hydroxylation is 1. The predicted molar refractivity (Wildman–Crippen MR) is 90.9 cm³/mol. The summed E-state index contributed by atoms with van der Waals surface area (Å²) in [6.45, 7) is 3.10. The van der Waals surface area contributed by atoms with Crippen LogP contribution >= 0.6 is 0 Å². The molecular formula is C19H23NO4. The lowest BCUT2D eigenvalue weighted by Crippen LogP contribution is -2.36. The third-order valence-electron chi connectivity index (χ3n) is 4.56. The largest absolute Gasteiger partial charge is 0.450 e. The number of carbonyl (C=O) groups excluding carboxylic acids is 2. The van der Waals surface area contributed by atoms with Crippen LogP contribution < -0.4 is 0 Å². The molecule has 0 radical (unpaired) electrons. The Morgan fingerprint density at radius 1 is 1.08 bits per heavy atom. The number of nitrogens with zero attached hydrogens (tertiary/aromatic N) is 1. The molecule has 2 heterocycles. The fourth-order valence-electron chi connectivity index (χ4n) is 3.15. The van der Waals surface area contributed by atoms with Gasteiger partial charge in [0.2, 0.25) is 5.76 Å². The molecule has 1 aliphatic heterocycles. The lowest BCUT2D eigenvalue weighted by atomic mass is 10.1. The average molecular weight is 329 g/mol. The van der Waals surface area contributed by atoms with Gasteiger partial charge >= 0.3 is 5.97 Å². The van der Waals surface area contributed by atoms with Crippen LogP contribution in [0.15, 0.2) is 28.7 Å². The maximum atomic E-state index is 12.3. The van der Waals surface area contributed by atoms with Crippen LogP contribution in [-0.4, -0.2) is 36.5 Å². The first-order chi connectivity index (χ1) is 11.7. The van der Waals surface area contributed by atoms with Crippen molar-refractivity contribution in [2.75, 3.05) is 19.7 Å². The van der Waals surface area contributed by atoms with Gasteiger partial charge in [-0.2, -0.15) is 0 Å². The minimum Gasteiger partial charge on any atom is -0.450 e. The average Bonchev–Trinajstić information content (AvgIpc) is 2.89. The van der Waals surface area contributed by atoms with E-state index in [4.69, 9.17) is 9.15 Å². The molecule has 0 atom stereocenters. The Bertz CT molecular complexity index is 726. The number of amides is 1. The van der Waals surface area contributed by atoms with Gasteiger partial charge in [0.15, 0.2) is 6.61 Å². The highest BCUT2D eigenvalue weighted by molar-refractivity contribution is 5.96. The molecule has 2 aromatic rings. The van der Waals surface area contributed by atoms with Crippen molar-refractivity contribution in [3.05, 3.63) is 35.6 Å². The van der Waals surface area contributed by atoms with E-state index in [9.17, 15) is 9.59 Å². The summed E-state index contributed by atoms with van der Waals surface area (Å²) in [7, 11) is 0. The zero-order valence-corrected chi connectivity index (χ0v) is 14.0. The fourth-order valence-corrected chi connectivity index (χ4v) is 3.15. The monoisotopic (exact) mass is 329 g/mol. The minimum absolute atomic E-state index is 0.126. The summed E-state index contributed by atoms with van der Waals surface area (Å²) >= 11 is 0. The number of hydrogen-bond acceptors (Lipinski definition) is 4. The molecule has 0 saturated carbocycles. The Kier molecular flexibility index (Phi) is 5.18. The molecule has 1 aromatic heterocycles. The number of furan rings is 1. The molecule has 1 aromatic carbocycles. The predicted octanol–water partition coefficient (Wildman–Crippen LogP) is 3.69. The number of ether oxygens (including phenoxy) is 1. The second-order valence-electron chi connectivity index (χ2n) is 6.28. The van der Waals surface area contributed by atoms with Crippen molar-refractivity contribution in [3.63, 3.8) is 0 Å². The molecule has 5 heteroatoms. The van der Waals surface area contributed by atoms with E-state index in [1.54, 1.807) is 4.90 Å². The first-order valence-electron chi connectivity index (χ1n) is 8.60. The molecule has 0 unspecified atom stereocenters. The van der Waals surface area contributed by atoms with Gasteiger partial charge in [-0.15, -0.1) is 0 Å². The molecule has 0 aliphatic carbocycles. The van der Waals surface area contributed by atoms with Gasteiger partial charge in [-0.1, -0.05) is 37.5 Å². The normalized spacial score (nSPS) is 15.8. The summed E-state index contributed by atoms with van der Waals surface area (Å²) in [5.74, 6) is -0.528. The van der Waals surface area contributed by atoms with Crippen molar-refractivity contribution in [2.45, 2.75) is 39.0 Å². The van der Waals surface area contributed by atoms with Crippen LogP contribution in [0.1, 0.15) is 48.2 Å². The molecule has 1 amide bonds. The smallest absolute Gasteiger partial charge is 0.375 e. The van der Waals surface area contributed by atoms with Gasteiger partial charge in [-0.3, -0.25) is 4.79 Å².